The van der Waals surface area contributed by atoms with Crippen LogP contribution in [-0.2, 0) is 5.41 Å². The molecule has 0 aliphatic heterocycles. The minimum absolute atomic E-state index is 0.587. The molecule has 10 aromatic rings. The first kappa shape index (κ1) is 28.9. The third-order valence-corrected chi connectivity index (χ3v) is 10.9. The Bertz CT molecular complexity index is 2930. The van der Waals surface area contributed by atoms with Crippen molar-refractivity contribution >= 4 is 60.9 Å². The van der Waals surface area contributed by atoms with Gasteiger partial charge in [-0.05, 0) is 81.9 Å². The lowest BCUT2D eigenvalue weighted by Gasteiger charge is -2.34. The molecule has 0 spiro atoms. The van der Waals surface area contributed by atoms with Gasteiger partial charge in [0.25, 0.3) is 0 Å². The molecule has 0 unspecified atom stereocenters. The zero-order valence-electron chi connectivity index (χ0n) is 28.2. The summed E-state index contributed by atoms with van der Waals surface area (Å²) in [5.74, 6) is 0. The quantitative estimate of drug-likeness (QED) is 0.183. The molecule has 11 rings (SSSR count). The predicted molar refractivity (Wildman–Crippen MR) is 213 cm³/mol. The second kappa shape index (κ2) is 11.1. The zero-order valence-corrected chi connectivity index (χ0v) is 28.2. The molecule has 1 aliphatic rings. The van der Waals surface area contributed by atoms with Gasteiger partial charge in [-0.25, -0.2) is 0 Å². The van der Waals surface area contributed by atoms with Gasteiger partial charge in [-0.1, -0.05) is 140 Å². The maximum absolute atomic E-state index is 6.87. The lowest BCUT2D eigenvalue weighted by molar-refractivity contribution is 0.667. The fourth-order valence-electron chi connectivity index (χ4n) is 8.95. The van der Waals surface area contributed by atoms with Crippen molar-refractivity contribution in [2.45, 2.75) is 5.41 Å². The molecule has 2 aromatic heterocycles. The summed E-state index contributed by atoms with van der Waals surface area (Å²) in [7, 11) is 0. The van der Waals surface area contributed by atoms with Crippen molar-refractivity contribution in [2.75, 3.05) is 4.90 Å². The first-order valence-corrected chi connectivity index (χ1v) is 17.8. The van der Waals surface area contributed by atoms with Gasteiger partial charge in [-0.15, -0.1) is 0 Å². The van der Waals surface area contributed by atoms with Crippen molar-refractivity contribution in [2.24, 2.45) is 0 Å². The highest BCUT2D eigenvalue weighted by molar-refractivity contribution is 6.19. The summed E-state index contributed by atoms with van der Waals surface area (Å²) in [5, 5.41) is 4.33. The molecule has 0 atom stereocenters. The van der Waals surface area contributed by atoms with Gasteiger partial charge in [0, 0.05) is 16.5 Å². The van der Waals surface area contributed by atoms with E-state index in [4.69, 9.17) is 8.83 Å². The van der Waals surface area contributed by atoms with Crippen molar-refractivity contribution < 1.29 is 8.83 Å². The first-order valence-electron chi connectivity index (χ1n) is 17.8. The molecule has 3 heteroatoms. The maximum atomic E-state index is 6.87. The van der Waals surface area contributed by atoms with E-state index in [1.807, 2.05) is 12.1 Å². The Morgan fingerprint density at radius 3 is 1.54 bits per heavy atom. The van der Waals surface area contributed by atoms with Gasteiger partial charge < -0.3 is 13.7 Å². The summed E-state index contributed by atoms with van der Waals surface area (Å²) in [4.78, 5) is 2.38. The fourth-order valence-corrected chi connectivity index (χ4v) is 8.95. The number of anilines is 3. The van der Waals surface area contributed by atoms with Crippen molar-refractivity contribution in [1.29, 1.82) is 0 Å². The number of benzene rings is 8. The molecular weight excluding hydrogens is 635 g/mol. The third-order valence-electron chi connectivity index (χ3n) is 10.9. The number of para-hydroxylation sites is 2. The van der Waals surface area contributed by atoms with Crippen LogP contribution < -0.4 is 4.90 Å². The molecule has 8 aromatic carbocycles. The van der Waals surface area contributed by atoms with Crippen LogP contribution in [0, 0.1) is 0 Å². The maximum Gasteiger partial charge on any atom is 0.137 e. The van der Waals surface area contributed by atoms with Crippen LogP contribution in [0.25, 0.3) is 55.0 Å². The van der Waals surface area contributed by atoms with E-state index in [2.05, 4.69) is 181 Å². The molecule has 0 fully saturated rings. The number of hydrogen-bond donors (Lipinski definition) is 0. The summed E-state index contributed by atoms with van der Waals surface area (Å²) in [6, 6.07) is 67.1. The van der Waals surface area contributed by atoms with Crippen LogP contribution in [0.4, 0.5) is 17.1 Å². The minimum atomic E-state index is -0.587. The number of fused-ring (bicyclic) bond motifs is 9. The number of hydrogen-bond acceptors (Lipinski definition) is 3. The normalized spacial score (nSPS) is 13.2. The Morgan fingerprint density at radius 2 is 0.827 bits per heavy atom. The fraction of sp³-hybridized carbons (Fsp3) is 0.0204. The summed E-state index contributed by atoms with van der Waals surface area (Å²) >= 11 is 0. The summed E-state index contributed by atoms with van der Waals surface area (Å²) in [6.45, 7) is 0. The van der Waals surface area contributed by atoms with Gasteiger partial charge in [0.1, 0.15) is 22.3 Å². The van der Waals surface area contributed by atoms with Gasteiger partial charge in [0.2, 0.25) is 0 Å². The van der Waals surface area contributed by atoms with Gasteiger partial charge >= 0.3 is 0 Å². The largest absolute Gasteiger partial charge is 0.456 e. The summed E-state index contributed by atoms with van der Waals surface area (Å²) < 4.78 is 13.3. The zero-order chi connectivity index (χ0) is 34.2. The highest BCUT2D eigenvalue weighted by Crippen LogP contribution is 2.58. The smallest absolute Gasteiger partial charge is 0.137 e. The molecule has 3 nitrogen and oxygen atoms in total. The Kier molecular flexibility index (Phi) is 6.17. The minimum Gasteiger partial charge on any atom is -0.456 e. The highest BCUT2D eigenvalue weighted by Gasteiger charge is 2.47. The number of furan rings is 2. The van der Waals surface area contributed by atoms with E-state index >= 15 is 0 Å². The van der Waals surface area contributed by atoms with Crippen LogP contribution in [-0.4, -0.2) is 0 Å². The first-order chi connectivity index (χ1) is 25.8. The lowest BCUT2D eigenvalue weighted by atomic mass is 9.66. The van der Waals surface area contributed by atoms with E-state index in [-0.39, 0.29) is 0 Å². The Morgan fingerprint density at radius 1 is 0.346 bits per heavy atom. The average molecular weight is 666 g/mol. The van der Waals surface area contributed by atoms with Crippen molar-refractivity contribution in [3.63, 3.8) is 0 Å². The number of nitrogens with zero attached hydrogens (tertiary/aromatic N) is 1. The molecule has 0 N–H and O–H groups in total. The van der Waals surface area contributed by atoms with Crippen LogP contribution in [0.1, 0.15) is 22.3 Å². The van der Waals surface area contributed by atoms with E-state index in [0.717, 1.165) is 60.9 Å². The standard InChI is InChI=1S/C49H31NO2/c1-3-16-32(17-4-1)49(37-23-10-7-20-34(37)35-21-8-11-24-38(35)49)39-25-13-29-44-47(39)48-41(27-15-31-45(48)52-44)50(33-18-5-2-6-19-33)40-26-14-30-43-46(40)36-22-9-12-28-42(36)51-43/h1-31H. The highest BCUT2D eigenvalue weighted by atomic mass is 16.3. The van der Waals surface area contributed by atoms with Crippen molar-refractivity contribution in [3.05, 3.63) is 210 Å². The van der Waals surface area contributed by atoms with Gasteiger partial charge in [0.15, 0.2) is 0 Å². The molecule has 244 valence electrons. The number of rotatable bonds is 5. The van der Waals surface area contributed by atoms with Crippen LogP contribution in [0.5, 0.6) is 0 Å². The van der Waals surface area contributed by atoms with Gasteiger partial charge in [0.05, 0.1) is 27.6 Å². The van der Waals surface area contributed by atoms with Crippen LogP contribution >= 0.6 is 0 Å². The van der Waals surface area contributed by atoms with E-state index in [9.17, 15) is 0 Å². The van der Waals surface area contributed by atoms with Crippen LogP contribution in [0.15, 0.2) is 197 Å². The molecule has 0 bridgehead atoms. The Labute approximate surface area is 300 Å². The molecule has 0 saturated carbocycles. The topological polar surface area (TPSA) is 29.5 Å². The van der Waals surface area contributed by atoms with Crippen LogP contribution in [0.2, 0.25) is 0 Å². The van der Waals surface area contributed by atoms with E-state index in [1.54, 1.807) is 0 Å². The predicted octanol–water partition coefficient (Wildman–Crippen LogP) is 13.3. The van der Waals surface area contributed by atoms with Crippen molar-refractivity contribution in [1.82, 2.24) is 0 Å². The SMILES string of the molecule is c1ccc(N(c2cccc3oc4ccccc4c23)c2cccc3oc4cccc(C5(c6ccccc6)c6ccccc6-c6ccccc65)c4c23)cc1. The molecule has 0 amide bonds. The lowest BCUT2D eigenvalue weighted by Crippen LogP contribution is -2.28. The molecule has 2 heterocycles. The monoisotopic (exact) mass is 665 g/mol. The molecule has 0 saturated heterocycles. The summed E-state index contributed by atoms with van der Waals surface area (Å²) in [6.07, 6.45) is 0. The molecule has 52 heavy (non-hydrogen) atoms. The van der Waals surface area contributed by atoms with E-state index in [0.29, 0.717) is 0 Å². The molecule has 0 radical (unpaired) electrons. The molecular formula is C49H31NO2. The summed E-state index contributed by atoms with van der Waals surface area (Å²) in [5.41, 5.74) is 13.5. The van der Waals surface area contributed by atoms with Crippen LogP contribution in [0.3, 0.4) is 0 Å². The van der Waals surface area contributed by atoms with Gasteiger partial charge in [-0.2, -0.15) is 0 Å². The molecule has 1 aliphatic carbocycles. The Hall–Kier alpha value is -6.84. The van der Waals surface area contributed by atoms with Crippen molar-refractivity contribution in [3.8, 4) is 11.1 Å². The average Bonchev–Trinajstić information content (AvgIpc) is 3.88. The second-order valence-electron chi connectivity index (χ2n) is 13.6. The van der Waals surface area contributed by atoms with E-state index < -0.39 is 5.41 Å². The van der Waals surface area contributed by atoms with Gasteiger partial charge in [-0.3, -0.25) is 0 Å². The van der Waals surface area contributed by atoms with E-state index in [1.165, 1.54) is 33.4 Å². The Balaban J connectivity index is 1.30. The third kappa shape index (κ3) is 3.91. The second-order valence-corrected chi connectivity index (χ2v) is 13.6.